The van der Waals surface area contributed by atoms with Gasteiger partial charge in [-0.25, -0.2) is 5.43 Å². The summed E-state index contributed by atoms with van der Waals surface area (Å²) in [6.07, 6.45) is 1.51. The van der Waals surface area contributed by atoms with Gasteiger partial charge in [-0.3, -0.25) is 4.79 Å². The zero-order valence-electron chi connectivity index (χ0n) is 12.0. The molecule has 0 aliphatic rings. The quantitative estimate of drug-likeness (QED) is 0.636. The summed E-state index contributed by atoms with van der Waals surface area (Å²) in [7, 11) is 1.60. The Morgan fingerprint density at radius 3 is 2.64 bits per heavy atom. The van der Waals surface area contributed by atoms with Gasteiger partial charge in [0.25, 0.3) is 5.91 Å². The maximum Gasteiger partial charge on any atom is 0.259 e. The van der Waals surface area contributed by atoms with E-state index in [1.165, 1.54) is 6.21 Å². The van der Waals surface area contributed by atoms with Gasteiger partial charge in [0.05, 0.1) is 19.9 Å². The minimum absolute atomic E-state index is 0.117. The highest BCUT2D eigenvalue weighted by Gasteiger charge is 2.00. The number of hydrogen-bond donors (Lipinski definition) is 2. The lowest BCUT2D eigenvalue weighted by Crippen LogP contribution is -2.25. The lowest BCUT2D eigenvalue weighted by Gasteiger charge is -2.06. The third kappa shape index (κ3) is 4.79. The number of halogens is 1. The van der Waals surface area contributed by atoms with Crippen LogP contribution in [0.4, 0.5) is 5.69 Å². The Morgan fingerprint density at radius 2 is 1.95 bits per heavy atom. The summed E-state index contributed by atoms with van der Waals surface area (Å²) in [6, 6.07) is 14.5. The second-order valence-electron chi connectivity index (χ2n) is 4.40. The molecule has 2 N–H and O–H groups in total. The van der Waals surface area contributed by atoms with Crippen LogP contribution in [0.2, 0.25) is 5.02 Å². The number of ether oxygens (including phenoxy) is 1. The molecule has 0 aromatic heterocycles. The number of nitrogens with one attached hydrogen (secondary N) is 2. The number of rotatable bonds is 6. The van der Waals surface area contributed by atoms with Gasteiger partial charge in [0, 0.05) is 16.3 Å². The van der Waals surface area contributed by atoms with E-state index in [0.29, 0.717) is 5.02 Å². The highest BCUT2D eigenvalue weighted by molar-refractivity contribution is 6.33. The summed E-state index contributed by atoms with van der Waals surface area (Å²) < 4.78 is 5.06. The minimum atomic E-state index is -0.251. The second-order valence-corrected chi connectivity index (χ2v) is 4.80. The predicted octanol–water partition coefficient (Wildman–Crippen LogP) is 2.91. The van der Waals surface area contributed by atoms with Gasteiger partial charge < -0.3 is 10.1 Å². The Kier molecular flexibility index (Phi) is 5.80. The molecular weight excluding hydrogens is 302 g/mol. The van der Waals surface area contributed by atoms with Gasteiger partial charge in [-0.15, -0.1) is 0 Å². The number of amides is 1. The minimum Gasteiger partial charge on any atom is -0.497 e. The fourth-order valence-corrected chi connectivity index (χ4v) is 1.87. The summed E-state index contributed by atoms with van der Waals surface area (Å²) in [4.78, 5) is 11.7. The maximum atomic E-state index is 11.7. The first-order valence-corrected chi connectivity index (χ1v) is 7.01. The molecule has 0 bridgehead atoms. The third-order valence-corrected chi connectivity index (χ3v) is 3.19. The number of hydrogen-bond acceptors (Lipinski definition) is 4. The molecule has 2 rings (SSSR count). The van der Waals surface area contributed by atoms with Crippen molar-refractivity contribution < 1.29 is 9.53 Å². The van der Waals surface area contributed by atoms with Crippen LogP contribution in [0.5, 0.6) is 5.75 Å². The Hall–Kier alpha value is -2.53. The third-order valence-electron chi connectivity index (χ3n) is 2.84. The molecule has 6 heteroatoms. The lowest BCUT2D eigenvalue weighted by atomic mass is 10.2. The molecular formula is C16H16ClN3O2. The van der Waals surface area contributed by atoms with Gasteiger partial charge in [0.2, 0.25) is 0 Å². The maximum absolute atomic E-state index is 11.7. The first kappa shape index (κ1) is 15.9. The molecule has 22 heavy (non-hydrogen) atoms. The molecule has 1 amide bonds. The topological polar surface area (TPSA) is 62.7 Å². The average molecular weight is 318 g/mol. The average Bonchev–Trinajstić information content (AvgIpc) is 2.55. The van der Waals surface area contributed by atoms with E-state index in [-0.39, 0.29) is 12.5 Å². The van der Waals surface area contributed by atoms with Crippen LogP contribution in [-0.4, -0.2) is 25.8 Å². The van der Waals surface area contributed by atoms with E-state index in [4.69, 9.17) is 16.3 Å². The molecule has 0 aliphatic heterocycles. The van der Waals surface area contributed by atoms with Crippen LogP contribution in [0.15, 0.2) is 53.6 Å². The number of nitrogens with zero attached hydrogens (tertiary/aromatic N) is 1. The highest BCUT2D eigenvalue weighted by atomic mass is 35.5. The van der Waals surface area contributed by atoms with E-state index in [1.54, 1.807) is 13.2 Å². The van der Waals surface area contributed by atoms with E-state index in [2.05, 4.69) is 15.8 Å². The smallest absolute Gasteiger partial charge is 0.259 e. The lowest BCUT2D eigenvalue weighted by molar-refractivity contribution is -0.119. The van der Waals surface area contributed by atoms with E-state index in [9.17, 15) is 4.79 Å². The van der Waals surface area contributed by atoms with Gasteiger partial charge in [-0.2, -0.15) is 5.10 Å². The van der Waals surface area contributed by atoms with Crippen LogP contribution in [0.3, 0.4) is 0 Å². The number of hydrazone groups is 1. The fraction of sp³-hybridized carbons (Fsp3) is 0.125. The van der Waals surface area contributed by atoms with Crippen molar-refractivity contribution in [3.05, 3.63) is 59.1 Å². The molecule has 0 heterocycles. The molecule has 5 nitrogen and oxygen atoms in total. The SMILES string of the molecule is COc1ccc(NCC(=O)N/N=C\c2ccccc2Cl)cc1. The van der Waals surface area contributed by atoms with Crippen molar-refractivity contribution in [3.8, 4) is 5.75 Å². The summed E-state index contributed by atoms with van der Waals surface area (Å²) in [5, 5.41) is 7.44. The van der Waals surface area contributed by atoms with E-state index in [1.807, 2.05) is 42.5 Å². The van der Waals surface area contributed by atoms with Crippen molar-refractivity contribution in [2.45, 2.75) is 0 Å². The number of benzene rings is 2. The highest BCUT2D eigenvalue weighted by Crippen LogP contribution is 2.14. The summed E-state index contributed by atoms with van der Waals surface area (Å²) in [6.45, 7) is 0.117. The Bertz CT molecular complexity index is 657. The molecule has 0 saturated heterocycles. The molecule has 2 aromatic carbocycles. The van der Waals surface area contributed by atoms with Crippen LogP contribution >= 0.6 is 11.6 Å². The Labute approximate surface area is 133 Å². The molecule has 2 aromatic rings. The van der Waals surface area contributed by atoms with Crippen molar-refractivity contribution in [2.24, 2.45) is 5.10 Å². The summed E-state index contributed by atoms with van der Waals surface area (Å²) in [5.74, 6) is 0.512. The zero-order valence-corrected chi connectivity index (χ0v) is 12.8. The molecule has 0 saturated carbocycles. The molecule has 0 radical (unpaired) electrons. The molecule has 0 unspecified atom stereocenters. The van der Waals surface area contributed by atoms with Crippen molar-refractivity contribution in [2.75, 3.05) is 19.0 Å². The van der Waals surface area contributed by atoms with Crippen LogP contribution in [0, 0.1) is 0 Å². The van der Waals surface area contributed by atoms with Crippen molar-refractivity contribution in [1.82, 2.24) is 5.43 Å². The summed E-state index contributed by atoms with van der Waals surface area (Å²) in [5.41, 5.74) is 4.00. The fourth-order valence-electron chi connectivity index (χ4n) is 1.68. The van der Waals surface area contributed by atoms with Crippen molar-refractivity contribution >= 4 is 29.4 Å². The second kappa shape index (κ2) is 8.05. The van der Waals surface area contributed by atoms with E-state index >= 15 is 0 Å². The van der Waals surface area contributed by atoms with Gasteiger partial charge in [-0.1, -0.05) is 29.8 Å². The monoisotopic (exact) mass is 317 g/mol. The van der Waals surface area contributed by atoms with Crippen LogP contribution in [0.1, 0.15) is 5.56 Å². The Balaban J connectivity index is 1.79. The van der Waals surface area contributed by atoms with Crippen molar-refractivity contribution in [1.29, 1.82) is 0 Å². The standard InChI is InChI=1S/C16H16ClN3O2/c1-22-14-8-6-13(7-9-14)18-11-16(21)20-19-10-12-4-2-3-5-15(12)17/h2-10,18H,11H2,1H3,(H,20,21)/b19-10-. The molecule has 0 fully saturated rings. The van der Waals surface area contributed by atoms with Crippen LogP contribution in [0.25, 0.3) is 0 Å². The molecule has 114 valence electrons. The predicted molar refractivity (Wildman–Crippen MR) is 88.7 cm³/mol. The van der Waals surface area contributed by atoms with E-state index < -0.39 is 0 Å². The van der Waals surface area contributed by atoms with Crippen LogP contribution in [-0.2, 0) is 4.79 Å². The normalized spacial score (nSPS) is 10.5. The van der Waals surface area contributed by atoms with Crippen molar-refractivity contribution in [3.63, 3.8) is 0 Å². The number of anilines is 1. The van der Waals surface area contributed by atoms with Gasteiger partial charge >= 0.3 is 0 Å². The largest absolute Gasteiger partial charge is 0.497 e. The first-order valence-electron chi connectivity index (χ1n) is 6.63. The number of methoxy groups -OCH3 is 1. The first-order chi connectivity index (χ1) is 10.7. The molecule has 0 aliphatic carbocycles. The van der Waals surface area contributed by atoms with Gasteiger partial charge in [0.15, 0.2) is 0 Å². The van der Waals surface area contributed by atoms with Crippen LogP contribution < -0.4 is 15.5 Å². The molecule has 0 spiro atoms. The number of carbonyl (C=O) groups is 1. The molecule has 0 atom stereocenters. The number of carbonyl (C=O) groups excluding carboxylic acids is 1. The Morgan fingerprint density at radius 1 is 1.23 bits per heavy atom. The van der Waals surface area contributed by atoms with Gasteiger partial charge in [-0.05, 0) is 30.3 Å². The summed E-state index contributed by atoms with van der Waals surface area (Å²) >= 11 is 5.98. The van der Waals surface area contributed by atoms with E-state index in [0.717, 1.165) is 17.0 Å². The van der Waals surface area contributed by atoms with Gasteiger partial charge in [0.1, 0.15) is 5.75 Å². The zero-order chi connectivity index (χ0) is 15.8.